The third-order valence-electron chi connectivity index (χ3n) is 4.41. The van der Waals surface area contributed by atoms with Crippen LogP contribution in [0, 0.1) is 11.3 Å². The number of hydrogen-bond acceptors (Lipinski definition) is 4. The minimum Gasteiger partial charge on any atom is -0.508 e. The molecule has 0 aliphatic heterocycles. The smallest absolute Gasteiger partial charge is 0.115 e. The molecule has 0 saturated heterocycles. The molecule has 1 aliphatic carbocycles. The number of phenols is 1. The van der Waals surface area contributed by atoms with Gasteiger partial charge >= 0.3 is 0 Å². The number of pyridine rings is 1. The average Bonchev–Trinajstić information content (AvgIpc) is 2.79. The second-order valence-electron chi connectivity index (χ2n) is 5.90. The molecule has 0 amide bonds. The number of nitrogens with zero attached hydrogens (tertiary/aromatic N) is 2. The van der Waals surface area contributed by atoms with E-state index in [9.17, 15) is 15.5 Å². The van der Waals surface area contributed by atoms with Crippen molar-refractivity contribution in [1.82, 2.24) is 4.98 Å². The lowest BCUT2D eigenvalue weighted by Crippen LogP contribution is -2.04. The Morgan fingerprint density at radius 1 is 0.960 bits per heavy atom. The molecule has 0 bridgehead atoms. The number of benzene rings is 2. The monoisotopic (exact) mass is 326 g/mol. The zero-order chi connectivity index (χ0) is 17.4. The molecule has 1 unspecified atom stereocenters. The van der Waals surface area contributed by atoms with Gasteiger partial charge in [0.25, 0.3) is 0 Å². The predicted octanol–water partition coefficient (Wildman–Crippen LogP) is 3.89. The van der Waals surface area contributed by atoms with E-state index in [0.29, 0.717) is 22.4 Å². The molecule has 2 N–H and O–H groups in total. The lowest BCUT2D eigenvalue weighted by atomic mass is 9.94. The van der Waals surface area contributed by atoms with Crippen LogP contribution in [0.3, 0.4) is 0 Å². The maximum absolute atomic E-state index is 10.9. The molecule has 0 fully saturated rings. The van der Waals surface area contributed by atoms with Crippen LogP contribution in [-0.4, -0.2) is 15.2 Å². The Labute approximate surface area is 145 Å². The van der Waals surface area contributed by atoms with Gasteiger partial charge in [0.05, 0.1) is 17.3 Å². The van der Waals surface area contributed by atoms with E-state index >= 15 is 0 Å². The number of hydrogen-bond donors (Lipinski definition) is 2. The first-order valence-corrected chi connectivity index (χ1v) is 7.86. The summed E-state index contributed by atoms with van der Waals surface area (Å²) >= 11 is 0. The van der Waals surface area contributed by atoms with Gasteiger partial charge in [0.1, 0.15) is 11.9 Å². The van der Waals surface area contributed by atoms with E-state index in [0.717, 1.165) is 16.7 Å². The molecule has 4 rings (SSSR count). The highest BCUT2D eigenvalue weighted by molar-refractivity contribution is 5.78. The van der Waals surface area contributed by atoms with Crippen molar-refractivity contribution in [3.05, 3.63) is 82.7 Å². The third kappa shape index (κ3) is 2.57. The van der Waals surface area contributed by atoms with Gasteiger partial charge in [0, 0.05) is 17.3 Å². The summed E-state index contributed by atoms with van der Waals surface area (Å²) in [6.07, 6.45) is 4.53. The summed E-state index contributed by atoms with van der Waals surface area (Å²) in [7, 11) is 0. The quantitative estimate of drug-likeness (QED) is 0.711. The van der Waals surface area contributed by atoms with Gasteiger partial charge in [0.15, 0.2) is 0 Å². The maximum Gasteiger partial charge on any atom is 0.115 e. The van der Waals surface area contributed by atoms with Gasteiger partial charge in [-0.25, -0.2) is 0 Å². The van der Waals surface area contributed by atoms with E-state index in [-0.39, 0.29) is 5.75 Å². The average molecular weight is 326 g/mol. The van der Waals surface area contributed by atoms with E-state index in [1.165, 1.54) is 0 Å². The van der Waals surface area contributed by atoms with Crippen molar-refractivity contribution >= 4 is 12.2 Å². The standard InChI is InChI=1S/C21H14N2O2/c22-11-14-2-1-3-18-17(14)8-9-20-19(21(18)25)10-15(12-23-20)13-4-6-16(24)7-5-13/h1-10,12,21,24-25H. The Balaban J connectivity index is 1.86. The summed E-state index contributed by atoms with van der Waals surface area (Å²) in [6, 6.07) is 16.2. The highest BCUT2D eigenvalue weighted by Gasteiger charge is 2.22. The van der Waals surface area contributed by atoms with Gasteiger partial charge in [-0.1, -0.05) is 30.3 Å². The first-order chi connectivity index (χ1) is 12.2. The van der Waals surface area contributed by atoms with E-state index in [4.69, 9.17) is 0 Å². The summed E-state index contributed by atoms with van der Waals surface area (Å²) < 4.78 is 0. The number of nitriles is 1. The molecule has 4 nitrogen and oxygen atoms in total. The van der Waals surface area contributed by atoms with Crippen LogP contribution in [0.4, 0.5) is 0 Å². The first-order valence-electron chi connectivity index (χ1n) is 7.86. The second-order valence-corrected chi connectivity index (χ2v) is 5.90. The van der Waals surface area contributed by atoms with Crippen molar-refractivity contribution in [1.29, 1.82) is 5.26 Å². The van der Waals surface area contributed by atoms with Crippen molar-refractivity contribution in [2.24, 2.45) is 0 Å². The van der Waals surface area contributed by atoms with Gasteiger partial charge < -0.3 is 10.2 Å². The number of rotatable bonds is 1. The second kappa shape index (κ2) is 5.90. The summed E-state index contributed by atoms with van der Waals surface area (Å²) in [6.45, 7) is 0. The molecular weight excluding hydrogens is 312 g/mol. The van der Waals surface area contributed by atoms with Crippen LogP contribution in [0.2, 0.25) is 0 Å². The fourth-order valence-electron chi connectivity index (χ4n) is 3.10. The Bertz CT molecular complexity index is 1030. The highest BCUT2D eigenvalue weighted by Crippen LogP contribution is 2.35. The van der Waals surface area contributed by atoms with Crippen LogP contribution in [0.5, 0.6) is 5.75 Å². The van der Waals surface area contributed by atoms with Crippen LogP contribution < -0.4 is 0 Å². The third-order valence-corrected chi connectivity index (χ3v) is 4.41. The van der Waals surface area contributed by atoms with Crippen LogP contribution in [-0.2, 0) is 0 Å². The van der Waals surface area contributed by atoms with Gasteiger partial charge in [-0.2, -0.15) is 5.26 Å². The Morgan fingerprint density at radius 3 is 2.52 bits per heavy atom. The van der Waals surface area contributed by atoms with Gasteiger partial charge in [-0.05, 0) is 47.0 Å². The normalized spacial score (nSPS) is 15.0. The molecule has 120 valence electrons. The molecule has 0 spiro atoms. The zero-order valence-electron chi connectivity index (χ0n) is 13.2. The van der Waals surface area contributed by atoms with Crippen molar-refractivity contribution in [2.45, 2.75) is 6.10 Å². The van der Waals surface area contributed by atoms with E-state index in [2.05, 4.69) is 11.1 Å². The van der Waals surface area contributed by atoms with Crippen LogP contribution in [0.15, 0.2) is 54.7 Å². The van der Waals surface area contributed by atoms with Crippen LogP contribution in [0.25, 0.3) is 23.3 Å². The number of aliphatic hydroxyl groups excluding tert-OH is 1. The van der Waals surface area contributed by atoms with Crippen molar-refractivity contribution in [3.8, 4) is 22.9 Å². The Hall–Kier alpha value is -3.42. The molecule has 1 atom stereocenters. The Kier molecular flexibility index (Phi) is 3.57. The molecule has 4 heteroatoms. The minimum absolute atomic E-state index is 0.201. The summed E-state index contributed by atoms with van der Waals surface area (Å²) in [5.41, 5.74) is 5.07. The highest BCUT2D eigenvalue weighted by atomic mass is 16.3. The first kappa shape index (κ1) is 15.1. The molecule has 0 saturated carbocycles. The summed E-state index contributed by atoms with van der Waals surface area (Å²) in [5, 5.41) is 29.6. The van der Waals surface area contributed by atoms with E-state index in [1.807, 2.05) is 24.3 Å². The molecular formula is C21H14N2O2. The molecule has 1 heterocycles. The summed E-state index contributed by atoms with van der Waals surface area (Å²) in [5.74, 6) is 0.201. The van der Waals surface area contributed by atoms with Gasteiger partial charge in [-0.3, -0.25) is 4.98 Å². The maximum atomic E-state index is 10.9. The summed E-state index contributed by atoms with van der Waals surface area (Å²) in [4.78, 5) is 4.47. The van der Waals surface area contributed by atoms with Crippen LogP contribution in [0.1, 0.15) is 34.1 Å². The number of aromatic nitrogens is 1. The molecule has 1 aliphatic rings. The number of fused-ring (bicyclic) bond motifs is 2. The van der Waals surface area contributed by atoms with Crippen molar-refractivity contribution in [2.75, 3.05) is 0 Å². The molecule has 25 heavy (non-hydrogen) atoms. The lowest BCUT2D eigenvalue weighted by Gasteiger charge is -2.15. The van der Waals surface area contributed by atoms with Crippen LogP contribution >= 0.6 is 0 Å². The van der Waals surface area contributed by atoms with Gasteiger partial charge in [0.2, 0.25) is 0 Å². The van der Waals surface area contributed by atoms with Gasteiger partial charge in [-0.15, -0.1) is 0 Å². The molecule has 2 aromatic carbocycles. The fraction of sp³-hybridized carbons (Fsp3) is 0.0476. The topological polar surface area (TPSA) is 77.1 Å². The largest absolute Gasteiger partial charge is 0.508 e. The zero-order valence-corrected chi connectivity index (χ0v) is 13.2. The minimum atomic E-state index is -0.863. The van der Waals surface area contributed by atoms with Crippen molar-refractivity contribution in [3.63, 3.8) is 0 Å². The predicted molar refractivity (Wildman–Crippen MR) is 95.5 cm³/mol. The molecule has 3 aromatic rings. The number of phenolic OH excluding ortho intramolecular Hbond substituents is 1. The lowest BCUT2D eigenvalue weighted by molar-refractivity contribution is 0.219. The number of aromatic hydroxyl groups is 1. The van der Waals surface area contributed by atoms with E-state index < -0.39 is 6.10 Å². The fourth-order valence-corrected chi connectivity index (χ4v) is 3.10. The van der Waals surface area contributed by atoms with E-state index in [1.54, 1.807) is 42.6 Å². The molecule has 0 radical (unpaired) electrons. The van der Waals surface area contributed by atoms with Crippen molar-refractivity contribution < 1.29 is 10.2 Å². The SMILES string of the molecule is N#Cc1cccc2c1C=Cc1ncc(-c3ccc(O)cc3)cc1C2O. The Morgan fingerprint density at radius 2 is 1.76 bits per heavy atom. The number of aliphatic hydroxyl groups is 1. The molecule has 1 aromatic heterocycles.